The van der Waals surface area contributed by atoms with E-state index < -0.39 is 0 Å². The Labute approximate surface area is 190 Å². The van der Waals surface area contributed by atoms with Crippen LogP contribution in [-0.4, -0.2) is 49.8 Å². The Bertz CT molecular complexity index is 1380. The minimum Gasteiger partial charge on any atom is -0.490 e. The van der Waals surface area contributed by atoms with Crippen LogP contribution in [0.3, 0.4) is 0 Å². The van der Waals surface area contributed by atoms with Crippen LogP contribution in [0, 0.1) is 5.41 Å². The summed E-state index contributed by atoms with van der Waals surface area (Å²) in [4.78, 5) is 15.0. The number of ether oxygens (including phenoxy) is 1. The first kappa shape index (κ1) is 19.8. The zero-order valence-electron chi connectivity index (χ0n) is 17.9. The van der Waals surface area contributed by atoms with Crippen molar-refractivity contribution < 1.29 is 4.74 Å². The highest BCUT2D eigenvalue weighted by Gasteiger charge is 2.53. The highest BCUT2D eigenvalue weighted by atomic mass is 35.5. The van der Waals surface area contributed by atoms with Gasteiger partial charge >= 0.3 is 0 Å². The van der Waals surface area contributed by atoms with Gasteiger partial charge in [-0.3, -0.25) is 9.20 Å². The molecule has 1 saturated heterocycles. The van der Waals surface area contributed by atoms with Crippen molar-refractivity contribution in [3.05, 3.63) is 70.0 Å². The van der Waals surface area contributed by atoms with E-state index >= 15 is 0 Å². The van der Waals surface area contributed by atoms with Gasteiger partial charge in [-0.15, -0.1) is 10.2 Å². The van der Waals surface area contributed by atoms with Gasteiger partial charge in [-0.05, 0) is 55.2 Å². The minimum absolute atomic E-state index is 0.0965. The van der Waals surface area contributed by atoms with Crippen molar-refractivity contribution in [3.63, 3.8) is 0 Å². The van der Waals surface area contributed by atoms with Crippen LogP contribution < -0.4 is 10.3 Å². The summed E-state index contributed by atoms with van der Waals surface area (Å²) < 4.78 is 9.78. The molecule has 7 nitrogen and oxygen atoms in total. The molecule has 2 aliphatic rings. The molecule has 0 bridgehead atoms. The number of hydrogen-bond donors (Lipinski definition) is 0. The number of likely N-dealkylation sites (tertiary alicyclic amines) is 1. The topological polar surface area (TPSA) is 64.7 Å². The van der Waals surface area contributed by atoms with Crippen molar-refractivity contribution in [1.29, 1.82) is 0 Å². The van der Waals surface area contributed by atoms with Crippen LogP contribution in [0.15, 0.2) is 53.8 Å². The Kier molecular flexibility index (Phi) is 4.52. The molecule has 32 heavy (non-hydrogen) atoms. The maximum absolute atomic E-state index is 12.5. The molecule has 2 fully saturated rings. The van der Waals surface area contributed by atoms with E-state index in [4.69, 9.17) is 16.3 Å². The molecule has 0 radical (unpaired) electrons. The molecule has 1 aromatic carbocycles. The summed E-state index contributed by atoms with van der Waals surface area (Å²) in [5.74, 6) is 0.752. The van der Waals surface area contributed by atoms with Crippen LogP contribution in [0.5, 0.6) is 5.75 Å². The molecular weight excluding hydrogens is 426 g/mol. The Hall–Kier alpha value is -2.90. The second kappa shape index (κ2) is 7.32. The standard InChI is InChI=1S/C24H24ClN5O2/c1-28-7-6-18-20(3-2-19(25)22(18)23(28)31)32-17-11-24(12-17)13-29(14-24)8-4-16-5-9-30-15-26-27-21(30)10-16/h2-3,5-7,9-10,15,17H,4,8,11-14H2,1H3. The van der Waals surface area contributed by atoms with E-state index in [1.54, 1.807) is 30.2 Å². The molecule has 8 heteroatoms. The number of aryl methyl sites for hydroxylation is 1. The summed E-state index contributed by atoms with van der Waals surface area (Å²) in [5, 5.41) is 9.85. The van der Waals surface area contributed by atoms with Gasteiger partial charge in [0.1, 0.15) is 12.1 Å². The number of hydrogen-bond acceptors (Lipinski definition) is 5. The quantitative estimate of drug-likeness (QED) is 0.467. The smallest absolute Gasteiger partial charge is 0.259 e. The number of benzene rings is 1. The van der Waals surface area contributed by atoms with Crippen molar-refractivity contribution in [2.75, 3.05) is 19.6 Å². The van der Waals surface area contributed by atoms with Gasteiger partial charge < -0.3 is 14.2 Å². The molecule has 0 unspecified atom stereocenters. The molecule has 0 atom stereocenters. The SMILES string of the molecule is Cn1ccc2c(OC3CC4(C3)CN(CCc3ccn5cnnc5c3)C4)ccc(Cl)c2c1=O. The predicted octanol–water partition coefficient (Wildman–Crippen LogP) is 3.32. The van der Waals surface area contributed by atoms with Crippen molar-refractivity contribution >= 4 is 28.0 Å². The molecule has 3 aromatic heterocycles. The molecule has 1 aliphatic carbocycles. The lowest BCUT2D eigenvalue weighted by Gasteiger charge is -2.58. The minimum atomic E-state index is -0.0965. The molecule has 0 N–H and O–H groups in total. The fourth-order valence-electron chi connectivity index (χ4n) is 5.28. The Morgan fingerprint density at radius 1 is 1.19 bits per heavy atom. The van der Waals surface area contributed by atoms with Gasteiger partial charge in [-0.2, -0.15) is 0 Å². The third kappa shape index (κ3) is 3.27. The summed E-state index contributed by atoms with van der Waals surface area (Å²) in [5.41, 5.74) is 2.48. The highest BCUT2D eigenvalue weighted by molar-refractivity contribution is 6.35. The molecule has 0 amide bonds. The fourth-order valence-corrected chi connectivity index (χ4v) is 5.53. The lowest BCUT2D eigenvalue weighted by molar-refractivity contribution is -0.118. The van der Waals surface area contributed by atoms with Gasteiger partial charge in [0, 0.05) is 49.9 Å². The fraction of sp³-hybridized carbons (Fsp3) is 0.375. The number of halogens is 1. The van der Waals surface area contributed by atoms with Gasteiger partial charge in [0.25, 0.3) is 5.56 Å². The number of fused-ring (bicyclic) bond motifs is 2. The van der Waals surface area contributed by atoms with E-state index in [1.165, 1.54) is 5.56 Å². The van der Waals surface area contributed by atoms with Crippen molar-refractivity contribution in [2.24, 2.45) is 12.5 Å². The van der Waals surface area contributed by atoms with Gasteiger partial charge in [0.15, 0.2) is 5.65 Å². The van der Waals surface area contributed by atoms with E-state index in [-0.39, 0.29) is 11.7 Å². The maximum Gasteiger partial charge on any atom is 0.259 e. The zero-order valence-corrected chi connectivity index (χ0v) is 18.6. The molecule has 6 rings (SSSR count). The van der Waals surface area contributed by atoms with E-state index in [1.807, 2.05) is 22.7 Å². The Morgan fingerprint density at radius 3 is 2.88 bits per heavy atom. The predicted molar refractivity (Wildman–Crippen MR) is 123 cm³/mol. The van der Waals surface area contributed by atoms with E-state index in [0.29, 0.717) is 15.8 Å². The second-order valence-corrected chi connectivity index (χ2v) is 9.71. The van der Waals surface area contributed by atoms with Crippen molar-refractivity contribution in [2.45, 2.75) is 25.4 Å². The highest BCUT2D eigenvalue weighted by Crippen LogP contribution is 2.50. The molecule has 164 valence electrons. The first-order chi connectivity index (χ1) is 15.5. The van der Waals surface area contributed by atoms with E-state index in [2.05, 4.69) is 27.2 Å². The lowest BCUT2D eigenvalue weighted by Crippen LogP contribution is -2.64. The van der Waals surface area contributed by atoms with Crippen LogP contribution >= 0.6 is 11.6 Å². The summed E-state index contributed by atoms with van der Waals surface area (Å²) in [6.45, 7) is 3.31. The molecular formula is C24H24ClN5O2. The summed E-state index contributed by atoms with van der Waals surface area (Å²) in [6.07, 6.45) is 8.84. The van der Waals surface area contributed by atoms with Gasteiger partial charge in [0.2, 0.25) is 0 Å². The average molecular weight is 450 g/mol. The monoisotopic (exact) mass is 449 g/mol. The Balaban J connectivity index is 1.05. The second-order valence-electron chi connectivity index (χ2n) is 9.31. The molecule has 1 spiro atoms. The third-order valence-electron chi connectivity index (χ3n) is 6.97. The van der Waals surface area contributed by atoms with Crippen LogP contribution in [0.4, 0.5) is 0 Å². The summed E-state index contributed by atoms with van der Waals surface area (Å²) in [6, 6.07) is 9.81. The molecule has 4 aromatic rings. The van der Waals surface area contributed by atoms with Crippen LogP contribution in [0.1, 0.15) is 18.4 Å². The largest absolute Gasteiger partial charge is 0.490 e. The molecule has 1 aliphatic heterocycles. The third-order valence-corrected chi connectivity index (χ3v) is 7.28. The Morgan fingerprint density at radius 2 is 2.03 bits per heavy atom. The van der Waals surface area contributed by atoms with E-state index in [0.717, 1.165) is 55.7 Å². The number of nitrogens with zero attached hydrogens (tertiary/aromatic N) is 5. The van der Waals surface area contributed by atoms with Gasteiger partial charge in [-0.25, -0.2) is 0 Å². The number of pyridine rings is 2. The first-order valence-electron chi connectivity index (χ1n) is 10.9. The first-order valence-corrected chi connectivity index (χ1v) is 11.3. The zero-order chi connectivity index (χ0) is 21.9. The molecule has 1 saturated carbocycles. The van der Waals surface area contributed by atoms with Crippen LogP contribution in [0.2, 0.25) is 5.02 Å². The normalized spacial score (nSPS) is 18.2. The van der Waals surface area contributed by atoms with Crippen molar-refractivity contribution in [1.82, 2.24) is 24.1 Å². The number of rotatable bonds is 5. The van der Waals surface area contributed by atoms with Crippen LogP contribution in [0.25, 0.3) is 16.4 Å². The van der Waals surface area contributed by atoms with E-state index in [9.17, 15) is 4.79 Å². The van der Waals surface area contributed by atoms with Gasteiger partial charge in [0.05, 0.1) is 16.5 Å². The summed E-state index contributed by atoms with van der Waals surface area (Å²) in [7, 11) is 1.73. The van der Waals surface area contributed by atoms with Gasteiger partial charge in [-0.1, -0.05) is 11.6 Å². The van der Waals surface area contributed by atoms with Crippen LogP contribution in [-0.2, 0) is 13.5 Å². The molecule has 4 heterocycles. The lowest BCUT2D eigenvalue weighted by atomic mass is 9.61. The maximum atomic E-state index is 12.5. The number of aromatic nitrogens is 4. The summed E-state index contributed by atoms with van der Waals surface area (Å²) >= 11 is 6.30. The average Bonchev–Trinajstić information content (AvgIpc) is 3.20. The van der Waals surface area contributed by atoms with Crippen molar-refractivity contribution in [3.8, 4) is 5.75 Å².